The maximum Gasteiger partial charge on any atom is 0.315 e. The largest absolute Gasteiger partial charge is 0.378 e. The van der Waals surface area contributed by atoms with Gasteiger partial charge in [-0.05, 0) is 49.7 Å². The second-order valence-electron chi connectivity index (χ2n) is 7.96. The molecular weight excluding hydrogens is 364 g/mol. The smallest absolute Gasteiger partial charge is 0.315 e. The Morgan fingerprint density at radius 2 is 1.55 bits per heavy atom. The molecule has 5 heteroatoms. The van der Waals surface area contributed by atoms with Crippen LogP contribution in [0, 0.1) is 5.92 Å². The number of nitrogens with one attached hydrogen (secondary N) is 2. The molecule has 0 aliphatic heterocycles. The van der Waals surface area contributed by atoms with Gasteiger partial charge in [0.25, 0.3) is 0 Å². The number of carbonyl (C=O) groups is 2. The highest BCUT2D eigenvalue weighted by atomic mass is 16.3. The summed E-state index contributed by atoms with van der Waals surface area (Å²) in [6.45, 7) is 1.82. The normalized spacial score (nSPS) is 20.5. The molecule has 1 atom stereocenters. The van der Waals surface area contributed by atoms with Crippen LogP contribution in [-0.4, -0.2) is 29.5 Å². The predicted molar refractivity (Wildman–Crippen MR) is 113 cm³/mol. The van der Waals surface area contributed by atoms with Crippen molar-refractivity contribution in [1.82, 2.24) is 10.6 Å². The molecule has 154 valence electrons. The molecule has 0 heterocycles. The van der Waals surface area contributed by atoms with Gasteiger partial charge in [0.05, 0.1) is 6.04 Å². The van der Waals surface area contributed by atoms with E-state index in [1.165, 1.54) is 0 Å². The van der Waals surface area contributed by atoms with Gasteiger partial charge in [-0.15, -0.1) is 0 Å². The molecule has 1 fully saturated rings. The molecule has 1 aliphatic rings. The van der Waals surface area contributed by atoms with Crippen molar-refractivity contribution in [3.8, 4) is 0 Å². The van der Waals surface area contributed by atoms with Crippen LogP contribution in [0.5, 0.6) is 0 Å². The number of carbonyl (C=O) groups excluding carboxylic acids is 2. The van der Waals surface area contributed by atoms with Crippen molar-refractivity contribution >= 4 is 12.3 Å². The van der Waals surface area contributed by atoms with Crippen LogP contribution in [0.15, 0.2) is 60.7 Å². The first-order chi connectivity index (χ1) is 14.0. The minimum atomic E-state index is -1.35. The maximum absolute atomic E-state index is 12.6. The van der Waals surface area contributed by atoms with Gasteiger partial charge in [-0.2, -0.15) is 0 Å². The lowest BCUT2D eigenvalue weighted by Gasteiger charge is -2.36. The van der Waals surface area contributed by atoms with Crippen LogP contribution in [-0.2, 0) is 10.4 Å². The Bertz CT molecular complexity index is 747. The average molecular weight is 395 g/mol. The molecular formula is C24H30N2O3. The number of benzene rings is 2. The lowest BCUT2D eigenvalue weighted by atomic mass is 9.81. The molecule has 0 saturated heterocycles. The SMILES string of the molecule is CC(NC(=O)NC1CCC(CC=O)CC1)C(O)(c1ccccc1)c1ccccc1. The minimum absolute atomic E-state index is 0.103. The molecule has 2 aromatic rings. The van der Waals surface area contributed by atoms with Crippen LogP contribution in [0.3, 0.4) is 0 Å². The number of hydrogen-bond donors (Lipinski definition) is 3. The topological polar surface area (TPSA) is 78.4 Å². The number of aliphatic hydroxyl groups is 1. The Morgan fingerprint density at radius 3 is 2.03 bits per heavy atom. The van der Waals surface area contributed by atoms with Gasteiger partial charge in [-0.25, -0.2) is 4.79 Å². The van der Waals surface area contributed by atoms with Crippen LogP contribution in [0.4, 0.5) is 4.79 Å². The minimum Gasteiger partial charge on any atom is -0.378 e. The van der Waals surface area contributed by atoms with Crippen LogP contribution >= 0.6 is 0 Å². The van der Waals surface area contributed by atoms with Gasteiger partial charge in [0.1, 0.15) is 11.9 Å². The monoisotopic (exact) mass is 394 g/mol. The first-order valence-electron chi connectivity index (χ1n) is 10.4. The van der Waals surface area contributed by atoms with E-state index in [1.54, 1.807) is 0 Å². The predicted octanol–water partition coefficient (Wildman–Crippen LogP) is 3.76. The summed E-state index contributed by atoms with van der Waals surface area (Å²) < 4.78 is 0. The lowest BCUT2D eigenvalue weighted by molar-refractivity contribution is -0.108. The van der Waals surface area contributed by atoms with Crippen molar-refractivity contribution in [2.45, 2.75) is 56.7 Å². The van der Waals surface area contributed by atoms with E-state index >= 15 is 0 Å². The standard InChI is InChI=1S/C24H30N2O3/c1-18(25-23(28)26-22-14-12-19(13-15-22)16-17-27)24(29,20-8-4-2-5-9-20)21-10-6-3-7-11-21/h2-11,17-19,22,29H,12-16H2,1H3,(H2,25,26,28). The van der Waals surface area contributed by atoms with Crippen molar-refractivity contribution in [3.63, 3.8) is 0 Å². The van der Waals surface area contributed by atoms with Gasteiger partial charge in [-0.3, -0.25) is 0 Å². The Morgan fingerprint density at radius 1 is 1.03 bits per heavy atom. The number of aldehydes is 1. The summed E-state index contributed by atoms with van der Waals surface area (Å²) in [7, 11) is 0. The lowest BCUT2D eigenvalue weighted by Crippen LogP contribution is -2.54. The van der Waals surface area contributed by atoms with Gasteiger partial charge in [0, 0.05) is 12.5 Å². The summed E-state index contributed by atoms with van der Waals surface area (Å²) in [5.74, 6) is 0.439. The molecule has 5 nitrogen and oxygen atoms in total. The average Bonchev–Trinajstić information content (AvgIpc) is 2.76. The summed E-state index contributed by atoms with van der Waals surface area (Å²) in [5.41, 5.74) is 0.114. The van der Waals surface area contributed by atoms with Crippen molar-refractivity contribution in [3.05, 3.63) is 71.8 Å². The first kappa shape index (κ1) is 21.1. The van der Waals surface area contributed by atoms with Crippen LogP contribution in [0.25, 0.3) is 0 Å². The number of rotatable bonds is 7. The molecule has 3 N–H and O–H groups in total. The Balaban J connectivity index is 1.68. The van der Waals surface area contributed by atoms with Gasteiger partial charge >= 0.3 is 6.03 Å². The second-order valence-corrected chi connectivity index (χ2v) is 7.96. The zero-order chi connectivity index (χ0) is 20.7. The molecule has 0 radical (unpaired) electrons. The molecule has 29 heavy (non-hydrogen) atoms. The molecule has 1 saturated carbocycles. The Kier molecular flexibility index (Phi) is 7.04. The van der Waals surface area contributed by atoms with Crippen LogP contribution < -0.4 is 10.6 Å². The molecule has 0 spiro atoms. The van der Waals surface area contributed by atoms with Crippen molar-refractivity contribution in [2.75, 3.05) is 0 Å². The maximum atomic E-state index is 12.6. The van der Waals surface area contributed by atoms with E-state index in [0.717, 1.165) is 43.1 Å². The van der Waals surface area contributed by atoms with Crippen molar-refractivity contribution in [2.24, 2.45) is 5.92 Å². The van der Waals surface area contributed by atoms with E-state index < -0.39 is 11.6 Å². The van der Waals surface area contributed by atoms with Gasteiger partial charge in [0.2, 0.25) is 0 Å². The number of urea groups is 1. The Labute approximate surface area is 172 Å². The van der Waals surface area contributed by atoms with E-state index in [0.29, 0.717) is 12.3 Å². The molecule has 2 aromatic carbocycles. The van der Waals surface area contributed by atoms with Gasteiger partial charge in [-0.1, -0.05) is 60.7 Å². The second kappa shape index (κ2) is 9.70. The third-order valence-electron chi connectivity index (χ3n) is 6.01. The summed E-state index contributed by atoms with van der Waals surface area (Å²) in [6, 6.07) is 18.1. The third kappa shape index (κ3) is 5.04. The fourth-order valence-corrected chi connectivity index (χ4v) is 4.26. The molecule has 2 amide bonds. The highest BCUT2D eigenvalue weighted by Gasteiger charge is 2.38. The quantitative estimate of drug-likeness (QED) is 0.626. The molecule has 0 bridgehead atoms. The first-order valence-corrected chi connectivity index (χ1v) is 10.4. The van der Waals surface area contributed by atoms with E-state index in [4.69, 9.17) is 0 Å². The highest BCUT2D eigenvalue weighted by Crippen LogP contribution is 2.33. The van der Waals surface area contributed by atoms with Gasteiger partial charge < -0.3 is 20.5 Å². The van der Waals surface area contributed by atoms with E-state index in [9.17, 15) is 14.7 Å². The van der Waals surface area contributed by atoms with Crippen molar-refractivity contribution in [1.29, 1.82) is 0 Å². The van der Waals surface area contributed by atoms with E-state index in [2.05, 4.69) is 10.6 Å². The van der Waals surface area contributed by atoms with E-state index in [1.807, 2.05) is 67.6 Å². The van der Waals surface area contributed by atoms with Crippen LogP contribution in [0.2, 0.25) is 0 Å². The fraction of sp³-hybridized carbons (Fsp3) is 0.417. The summed E-state index contributed by atoms with van der Waals surface area (Å²) >= 11 is 0. The molecule has 1 unspecified atom stereocenters. The summed E-state index contributed by atoms with van der Waals surface area (Å²) in [6.07, 6.45) is 5.26. The molecule has 3 rings (SSSR count). The fourth-order valence-electron chi connectivity index (χ4n) is 4.26. The van der Waals surface area contributed by atoms with E-state index in [-0.39, 0.29) is 12.1 Å². The Hall–Kier alpha value is -2.66. The zero-order valence-electron chi connectivity index (χ0n) is 16.9. The highest BCUT2D eigenvalue weighted by molar-refractivity contribution is 5.75. The van der Waals surface area contributed by atoms with Gasteiger partial charge in [0.15, 0.2) is 0 Å². The third-order valence-corrected chi connectivity index (χ3v) is 6.01. The van der Waals surface area contributed by atoms with Crippen molar-refractivity contribution < 1.29 is 14.7 Å². The molecule has 1 aliphatic carbocycles. The summed E-state index contributed by atoms with van der Waals surface area (Å²) in [5, 5.41) is 17.7. The molecule has 0 aromatic heterocycles. The number of amides is 2. The summed E-state index contributed by atoms with van der Waals surface area (Å²) in [4.78, 5) is 23.3. The zero-order valence-corrected chi connectivity index (χ0v) is 16.9. The van der Waals surface area contributed by atoms with Crippen LogP contribution in [0.1, 0.15) is 50.2 Å². The number of hydrogen-bond acceptors (Lipinski definition) is 3.